The van der Waals surface area contributed by atoms with E-state index in [4.69, 9.17) is 29.4 Å². The van der Waals surface area contributed by atoms with Gasteiger partial charge in [-0.1, -0.05) is 104 Å². The zero-order valence-electron chi connectivity index (χ0n) is 64.7. The van der Waals surface area contributed by atoms with Gasteiger partial charge in [-0.25, -0.2) is 24.0 Å². The van der Waals surface area contributed by atoms with E-state index in [2.05, 4.69) is 63.1 Å². The third-order valence-corrected chi connectivity index (χ3v) is 14.5. The van der Waals surface area contributed by atoms with E-state index in [1.807, 2.05) is 116 Å². The maximum absolute atomic E-state index is 13.8. The number of carboxylic acids is 1. The Morgan fingerprint density at radius 2 is 0.741 bits per heavy atom. The minimum atomic E-state index is -1.45. The molecule has 13 N–H and O–H groups in total. The Morgan fingerprint density at radius 1 is 0.407 bits per heavy atom. The van der Waals surface area contributed by atoms with E-state index in [0.29, 0.717) is 30.6 Å². The highest BCUT2D eigenvalue weighted by Crippen LogP contribution is 2.21. The van der Waals surface area contributed by atoms with Crippen LogP contribution in [0.5, 0.6) is 0 Å². The molecule has 0 saturated carbocycles. The molecular weight excluding hydrogens is 1390 g/mol. The molecule has 2 heterocycles. The Balaban J connectivity index is 0.000000374. The number of carboxylic acid groups (broad SMARTS) is 1. The molecule has 5 atom stereocenters. The molecule has 6 aromatic rings. The number of para-hydroxylation sites is 2. The number of fused-ring (bicyclic) bond motifs is 2. The fourth-order valence-corrected chi connectivity index (χ4v) is 9.64. The second-order valence-electron chi connectivity index (χ2n) is 30.3. The monoisotopic (exact) mass is 1500 g/mol. The summed E-state index contributed by atoms with van der Waals surface area (Å²) in [6.45, 7) is 28.1. The van der Waals surface area contributed by atoms with Gasteiger partial charge in [0.15, 0.2) is 0 Å². The van der Waals surface area contributed by atoms with Gasteiger partial charge in [0.2, 0.25) is 29.5 Å². The van der Waals surface area contributed by atoms with Crippen LogP contribution in [-0.4, -0.2) is 165 Å². The Morgan fingerprint density at radius 3 is 1.09 bits per heavy atom. The fraction of sp³-hybridized carbons (Fsp3) is 0.474. The number of nitrogens with two attached hydrogens (primary N) is 1. The Labute approximate surface area is 631 Å². The van der Waals surface area contributed by atoms with Gasteiger partial charge in [-0.15, -0.1) is 0 Å². The minimum absolute atomic E-state index is 0.0822. The van der Waals surface area contributed by atoms with Crippen LogP contribution in [0.15, 0.2) is 134 Å². The largest absolute Gasteiger partial charge is 0.481 e. The van der Waals surface area contributed by atoms with Gasteiger partial charge >= 0.3 is 36.4 Å². The number of hydrogen-bond donors (Lipinski definition) is 12. The molecular formula is C78H109N13O17. The first-order valence-corrected chi connectivity index (χ1v) is 35.6. The van der Waals surface area contributed by atoms with Gasteiger partial charge < -0.3 is 87.7 Å². The minimum Gasteiger partial charge on any atom is -0.481 e. The molecule has 6 rings (SSSR count). The summed E-state index contributed by atoms with van der Waals surface area (Å²) < 4.78 is 25.9. The number of ether oxygens (including phenoxy) is 5. The van der Waals surface area contributed by atoms with E-state index >= 15 is 0 Å². The molecule has 0 bridgehead atoms. The van der Waals surface area contributed by atoms with Crippen LogP contribution in [0, 0.1) is 0 Å². The van der Waals surface area contributed by atoms with Crippen LogP contribution in [0.2, 0.25) is 0 Å². The second kappa shape index (κ2) is 42.2. The van der Waals surface area contributed by atoms with Crippen LogP contribution in [0.1, 0.15) is 154 Å². The number of aryl methyl sites for hydroxylation is 2. The zero-order chi connectivity index (χ0) is 80.6. The number of rotatable bonds is 28. The maximum atomic E-state index is 13.8. The van der Waals surface area contributed by atoms with Crippen molar-refractivity contribution in [1.82, 2.24) is 52.5 Å². The van der Waals surface area contributed by atoms with Crippen LogP contribution >= 0.6 is 0 Å². The van der Waals surface area contributed by atoms with Crippen LogP contribution < -0.4 is 58.9 Å². The number of hydrogen-bond acceptors (Lipinski definition) is 19. The summed E-state index contributed by atoms with van der Waals surface area (Å²) in [4.78, 5) is 147. The number of benzene rings is 4. The lowest BCUT2D eigenvalue weighted by molar-refractivity contribution is -0.140. The van der Waals surface area contributed by atoms with Crippen molar-refractivity contribution in [2.45, 2.75) is 220 Å². The molecule has 0 saturated heterocycles. The van der Waals surface area contributed by atoms with E-state index < -0.39 is 143 Å². The fourth-order valence-electron chi connectivity index (χ4n) is 9.64. The number of amides is 10. The molecule has 2 aromatic heterocycles. The Kier molecular flexibility index (Phi) is 34.9. The molecule has 1 unspecified atom stereocenters. The Bertz CT molecular complexity index is 3930. The van der Waals surface area contributed by atoms with Crippen LogP contribution in [0.3, 0.4) is 0 Å². The first-order chi connectivity index (χ1) is 50.4. The first kappa shape index (κ1) is 89.2. The normalized spacial score (nSPS) is 12.8. The van der Waals surface area contributed by atoms with Crippen molar-refractivity contribution >= 4 is 99.2 Å². The SMILES string of the molecule is CC(C)(C)OC(=O)NCC(N)CNC(=O)OC(C)(C)C.CC(C)(C)OC(=O)N[C@@H](CC(=O)O)C(=O)N[C@H](CCc1ccccc1)C(=O)Nc1cnc2ccccc2c1.CCC(CNC(=O)OC(C)(C)C)NC(=O)C[C@H](NC(=O)OC(C)(C)C)C(=O)N[C@H](CCc1ccccc1)C(=O)Nc1cnc2ccccc2c1. The number of alkyl carbamates (subject to hydrolysis) is 5. The smallest absolute Gasteiger partial charge is 0.408 e. The predicted molar refractivity (Wildman–Crippen MR) is 410 cm³/mol. The van der Waals surface area contributed by atoms with E-state index in [9.17, 15) is 57.8 Å². The van der Waals surface area contributed by atoms with Crippen molar-refractivity contribution in [3.05, 3.63) is 145 Å². The summed E-state index contributed by atoms with van der Waals surface area (Å²) in [5, 5.41) is 37.2. The van der Waals surface area contributed by atoms with E-state index in [0.717, 1.165) is 32.9 Å². The predicted octanol–water partition coefficient (Wildman–Crippen LogP) is 10.0. The lowest BCUT2D eigenvalue weighted by atomic mass is 10.0. The molecule has 0 spiro atoms. The van der Waals surface area contributed by atoms with E-state index in [-0.39, 0.29) is 32.5 Å². The topological polar surface area (TPSA) is 426 Å². The van der Waals surface area contributed by atoms with Crippen molar-refractivity contribution in [3.8, 4) is 0 Å². The number of anilines is 2. The molecule has 4 aromatic carbocycles. The third kappa shape index (κ3) is 37.7. The number of nitrogens with zero attached hydrogens (tertiary/aromatic N) is 2. The molecule has 0 aliphatic carbocycles. The van der Waals surface area contributed by atoms with Crippen molar-refractivity contribution in [2.75, 3.05) is 30.3 Å². The molecule has 0 radical (unpaired) electrons. The van der Waals surface area contributed by atoms with Gasteiger partial charge in [0.25, 0.3) is 0 Å². The summed E-state index contributed by atoms with van der Waals surface area (Å²) in [6, 6.07) is 31.6. The van der Waals surface area contributed by atoms with Gasteiger partial charge in [0.05, 0.1) is 47.6 Å². The van der Waals surface area contributed by atoms with Crippen molar-refractivity contribution < 1.29 is 81.5 Å². The van der Waals surface area contributed by atoms with E-state index in [1.165, 1.54) is 12.4 Å². The highest BCUT2D eigenvalue weighted by atomic mass is 16.6. The molecule has 588 valence electrons. The quantitative estimate of drug-likeness (QED) is 0.0203. The molecule has 30 heteroatoms. The number of carbonyl (C=O) groups is 11. The summed E-state index contributed by atoms with van der Waals surface area (Å²) in [5.41, 5.74) is 6.58. The van der Waals surface area contributed by atoms with Crippen LogP contribution in [0.4, 0.5) is 35.3 Å². The van der Waals surface area contributed by atoms with Crippen molar-refractivity contribution in [3.63, 3.8) is 0 Å². The molecule has 30 nitrogen and oxygen atoms in total. The average molecular weight is 1500 g/mol. The van der Waals surface area contributed by atoms with Gasteiger partial charge in [0.1, 0.15) is 52.2 Å². The molecule has 0 fully saturated rings. The van der Waals surface area contributed by atoms with Gasteiger partial charge in [-0.2, -0.15) is 0 Å². The summed E-state index contributed by atoms with van der Waals surface area (Å²) in [5.74, 6) is -4.43. The molecule has 0 aliphatic heterocycles. The highest BCUT2D eigenvalue weighted by Gasteiger charge is 2.33. The zero-order valence-corrected chi connectivity index (χ0v) is 64.7. The van der Waals surface area contributed by atoms with E-state index in [1.54, 1.807) is 116 Å². The lowest BCUT2D eigenvalue weighted by Crippen LogP contribution is -2.55. The standard InChI is InChI=1S/C37H50N6O7.C28H32N4O6.C13H27N3O4/c1-8-26(22-39-34(47)49-36(2,3)4)40-31(44)21-30(43-35(48)50-37(5,6)7)33(46)42-29(19-18-24-14-10-9-11-15-24)32(45)41-27-20-25-16-12-13-17-28(25)38-23-27;1-28(2,3)38-27(37)32-23(16-24(33)34)26(36)31-22(14-13-18-9-5-4-6-10-18)25(35)30-20-15-19-11-7-8-12-21(19)29-17-20;1-12(2,3)19-10(17)15-7-9(14)8-16-11(18)20-13(4,5)6/h9-17,20,23,26,29-30H,8,18-19,21-22H2,1-7H3,(H,39,47)(H,40,44)(H,41,45)(H,42,46)(H,43,48);4-12,15,17,22-23H,13-14,16H2,1-3H3,(H,30,35)(H,31,36)(H,32,37)(H,33,34);9H,7-8,14H2,1-6H3,(H,15,17)(H,16,18)/t26?,29-,30+;22-,23+;/m11./s1. The molecule has 0 aliphatic rings. The van der Waals surface area contributed by atoms with Gasteiger partial charge in [-0.3, -0.25) is 38.7 Å². The number of carbonyl (C=O) groups excluding carboxylic acids is 10. The average Bonchev–Trinajstić information content (AvgIpc) is 0.837. The number of aliphatic carboxylic acids is 1. The second-order valence-corrected chi connectivity index (χ2v) is 30.3. The van der Waals surface area contributed by atoms with Crippen molar-refractivity contribution in [2.24, 2.45) is 5.73 Å². The maximum Gasteiger partial charge on any atom is 0.408 e. The Hall–Kier alpha value is -11.2. The van der Waals surface area contributed by atoms with Gasteiger partial charge in [-0.05, 0) is 171 Å². The van der Waals surface area contributed by atoms with Gasteiger partial charge in [0, 0.05) is 42.5 Å². The number of pyridine rings is 2. The molecule has 108 heavy (non-hydrogen) atoms. The summed E-state index contributed by atoms with van der Waals surface area (Å²) in [6.07, 6.45) is 0.207. The lowest BCUT2D eigenvalue weighted by Gasteiger charge is -2.26. The van der Waals surface area contributed by atoms with Crippen LogP contribution in [-0.2, 0) is 65.3 Å². The first-order valence-electron chi connectivity index (χ1n) is 35.6. The molecule has 10 amide bonds. The highest BCUT2D eigenvalue weighted by molar-refractivity contribution is 6.01. The number of nitrogens with one attached hydrogen (secondary N) is 10. The summed E-state index contributed by atoms with van der Waals surface area (Å²) in [7, 11) is 0. The third-order valence-electron chi connectivity index (χ3n) is 14.5. The van der Waals surface area contributed by atoms with Crippen LogP contribution in [0.25, 0.3) is 21.8 Å². The number of aromatic nitrogens is 2. The van der Waals surface area contributed by atoms with Crippen molar-refractivity contribution in [1.29, 1.82) is 0 Å². The summed E-state index contributed by atoms with van der Waals surface area (Å²) >= 11 is 0.